The zero-order chi connectivity index (χ0) is 22.5. The standard InChI is InChI=1S/C27H30N4O2/c1-15-2-4-17(5-3-15)26(32)28-20-10-11-22-24(14-20)30-25(29-22)16-6-8-18(9-7-16)27(33)31-23-13-19-12-21(19)23/h6-11,14-15,17,19,21,23H,2-5,12-13H2,1H3,(H,28,32)(H,29,30)(H,31,33). The highest BCUT2D eigenvalue weighted by Gasteiger charge is 2.53. The number of nitrogens with one attached hydrogen (secondary N) is 3. The van der Waals surface area contributed by atoms with Crippen LogP contribution in [0.4, 0.5) is 5.69 Å². The maximum Gasteiger partial charge on any atom is 0.251 e. The SMILES string of the molecule is CC1CCC(C(=O)Nc2ccc3nc(-c4ccc(C(=O)NC5CC6CC65)cc4)[nH]c3c2)CC1. The second-order valence-corrected chi connectivity index (χ2v) is 10.3. The minimum absolute atomic E-state index is 0.00862. The number of carbonyl (C=O) groups is 2. The number of imidazole rings is 1. The van der Waals surface area contributed by atoms with Crippen molar-refractivity contribution in [1.82, 2.24) is 15.3 Å². The zero-order valence-corrected chi connectivity index (χ0v) is 18.9. The number of fused-ring (bicyclic) bond motifs is 2. The Morgan fingerprint density at radius 3 is 2.48 bits per heavy atom. The van der Waals surface area contributed by atoms with Crippen LogP contribution in [0.25, 0.3) is 22.4 Å². The van der Waals surface area contributed by atoms with Crippen molar-refractivity contribution in [3.8, 4) is 11.4 Å². The first-order valence-corrected chi connectivity index (χ1v) is 12.3. The lowest BCUT2D eigenvalue weighted by molar-refractivity contribution is -0.121. The van der Waals surface area contributed by atoms with Crippen LogP contribution < -0.4 is 10.6 Å². The summed E-state index contributed by atoms with van der Waals surface area (Å²) in [7, 11) is 0. The van der Waals surface area contributed by atoms with Crippen LogP contribution in [0.3, 0.4) is 0 Å². The average Bonchev–Trinajstić information content (AvgIpc) is 3.29. The fourth-order valence-corrected chi connectivity index (χ4v) is 5.53. The van der Waals surface area contributed by atoms with Gasteiger partial charge in [0.1, 0.15) is 5.82 Å². The van der Waals surface area contributed by atoms with Gasteiger partial charge in [-0.25, -0.2) is 4.98 Å². The molecule has 3 aliphatic carbocycles. The number of nitrogens with zero attached hydrogens (tertiary/aromatic N) is 1. The van der Waals surface area contributed by atoms with Crippen molar-refractivity contribution in [2.24, 2.45) is 23.7 Å². The molecule has 0 aliphatic heterocycles. The number of amides is 2. The maximum atomic E-state index is 12.7. The molecule has 6 heteroatoms. The Kier molecular flexibility index (Phi) is 4.97. The van der Waals surface area contributed by atoms with Crippen molar-refractivity contribution in [1.29, 1.82) is 0 Å². The van der Waals surface area contributed by atoms with Gasteiger partial charge in [0, 0.05) is 28.8 Å². The van der Waals surface area contributed by atoms with Crippen molar-refractivity contribution in [3.63, 3.8) is 0 Å². The number of H-pyrrole nitrogens is 1. The lowest BCUT2D eigenvalue weighted by Crippen LogP contribution is -2.41. The van der Waals surface area contributed by atoms with Crippen molar-refractivity contribution in [2.75, 3.05) is 5.32 Å². The highest BCUT2D eigenvalue weighted by molar-refractivity contribution is 5.96. The van der Waals surface area contributed by atoms with E-state index in [9.17, 15) is 9.59 Å². The van der Waals surface area contributed by atoms with E-state index >= 15 is 0 Å². The molecule has 2 aromatic carbocycles. The Balaban J connectivity index is 1.13. The molecule has 3 aromatic rings. The number of aromatic amines is 1. The Hall–Kier alpha value is -3.15. The molecule has 6 nitrogen and oxygen atoms in total. The van der Waals surface area contributed by atoms with E-state index in [1.54, 1.807) is 0 Å². The van der Waals surface area contributed by atoms with Gasteiger partial charge in [-0.05, 0) is 86.6 Å². The highest BCUT2D eigenvalue weighted by atomic mass is 16.2. The van der Waals surface area contributed by atoms with Crippen LogP contribution in [-0.4, -0.2) is 27.8 Å². The lowest BCUT2D eigenvalue weighted by Gasteiger charge is -2.25. The van der Waals surface area contributed by atoms with Crippen molar-refractivity contribution < 1.29 is 9.59 Å². The summed E-state index contributed by atoms with van der Waals surface area (Å²) in [5.41, 5.74) is 4.13. The van der Waals surface area contributed by atoms with Crippen LogP contribution in [0, 0.1) is 23.7 Å². The van der Waals surface area contributed by atoms with E-state index in [-0.39, 0.29) is 17.7 Å². The maximum absolute atomic E-state index is 12.7. The summed E-state index contributed by atoms with van der Waals surface area (Å²) in [4.78, 5) is 33.2. The number of hydrogen-bond donors (Lipinski definition) is 3. The van der Waals surface area contributed by atoms with E-state index in [0.29, 0.717) is 11.6 Å². The van der Waals surface area contributed by atoms with Crippen LogP contribution in [-0.2, 0) is 4.79 Å². The van der Waals surface area contributed by atoms with E-state index < -0.39 is 0 Å². The number of carbonyl (C=O) groups excluding carboxylic acids is 2. The van der Waals surface area contributed by atoms with Gasteiger partial charge in [0.05, 0.1) is 11.0 Å². The smallest absolute Gasteiger partial charge is 0.251 e. The summed E-state index contributed by atoms with van der Waals surface area (Å²) in [6.45, 7) is 2.26. The zero-order valence-electron chi connectivity index (χ0n) is 18.9. The molecule has 33 heavy (non-hydrogen) atoms. The first-order chi connectivity index (χ1) is 16.0. The van der Waals surface area contributed by atoms with Gasteiger partial charge in [0.25, 0.3) is 5.91 Å². The first-order valence-electron chi connectivity index (χ1n) is 12.3. The van der Waals surface area contributed by atoms with Crippen molar-refractivity contribution >= 4 is 28.5 Å². The summed E-state index contributed by atoms with van der Waals surface area (Å²) in [5.74, 6) is 3.32. The number of anilines is 1. The second-order valence-electron chi connectivity index (χ2n) is 10.3. The molecule has 2 amide bonds. The highest BCUT2D eigenvalue weighted by Crippen LogP contribution is 2.55. The lowest BCUT2D eigenvalue weighted by atomic mass is 9.82. The molecule has 1 heterocycles. The molecule has 3 aliphatic rings. The van der Waals surface area contributed by atoms with E-state index in [4.69, 9.17) is 4.98 Å². The first kappa shape index (κ1) is 20.5. The molecule has 3 atom stereocenters. The average molecular weight is 443 g/mol. The van der Waals surface area contributed by atoms with E-state index in [1.807, 2.05) is 42.5 Å². The Bertz CT molecular complexity index is 1210. The molecule has 3 unspecified atom stereocenters. The molecule has 3 N–H and O–H groups in total. The van der Waals surface area contributed by atoms with Crippen LogP contribution in [0.2, 0.25) is 0 Å². The summed E-state index contributed by atoms with van der Waals surface area (Å²) in [6, 6.07) is 13.7. The van der Waals surface area contributed by atoms with Crippen LogP contribution in [0.1, 0.15) is 55.8 Å². The van der Waals surface area contributed by atoms with Crippen LogP contribution in [0.15, 0.2) is 42.5 Å². The second kappa shape index (κ2) is 8.01. The van der Waals surface area contributed by atoms with Gasteiger partial charge in [0.2, 0.25) is 5.91 Å². The number of benzene rings is 2. The number of rotatable bonds is 5. The third-order valence-corrected chi connectivity index (χ3v) is 7.92. The van der Waals surface area contributed by atoms with Gasteiger partial charge in [-0.15, -0.1) is 0 Å². The van der Waals surface area contributed by atoms with Crippen molar-refractivity contribution in [2.45, 2.75) is 51.5 Å². The third kappa shape index (κ3) is 4.03. The molecule has 0 saturated heterocycles. The molecule has 3 saturated carbocycles. The van der Waals surface area contributed by atoms with E-state index in [0.717, 1.165) is 78.0 Å². The number of aromatic nitrogens is 2. The molecule has 0 bridgehead atoms. The molecule has 6 rings (SSSR count). The summed E-state index contributed by atoms with van der Waals surface area (Å²) in [5, 5.41) is 6.24. The van der Waals surface area contributed by atoms with Gasteiger partial charge in [0.15, 0.2) is 0 Å². The Morgan fingerprint density at radius 1 is 1.00 bits per heavy atom. The fourth-order valence-electron chi connectivity index (χ4n) is 5.53. The normalized spacial score (nSPS) is 28.0. The molecule has 0 radical (unpaired) electrons. The molecule has 0 spiro atoms. The van der Waals surface area contributed by atoms with Gasteiger partial charge in [-0.3, -0.25) is 9.59 Å². The quantitative estimate of drug-likeness (QED) is 0.512. The topological polar surface area (TPSA) is 86.9 Å². The Labute approximate surface area is 193 Å². The molecule has 170 valence electrons. The molecular weight excluding hydrogens is 412 g/mol. The van der Waals surface area contributed by atoms with Crippen LogP contribution in [0.5, 0.6) is 0 Å². The summed E-state index contributed by atoms with van der Waals surface area (Å²) < 4.78 is 0. The van der Waals surface area contributed by atoms with Gasteiger partial charge < -0.3 is 15.6 Å². The van der Waals surface area contributed by atoms with E-state index in [2.05, 4.69) is 22.5 Å². The monoisotopic (exact) mass is 442 g/mol. The van der Waals surface area contributed by atoms with E-state index in [1.165, 1.54) is 6.42 Å². The largest absolute Gasteiger partial charge is 0.349 e. The minimum atomic E-state index is 0.00862. The third-order valence-electron chi connectivity index (χ3n) is 7.92. The number of hydrogen-bond acceptors (Lipinski definition) is 3. The fraction of sp³-hybridized carbons (Fsp3) is 0.444. The Morgan fingerprint density at radius 2 is 1.79 bits per heavy atom. The summed E-state index contributed by atoms with van der Waals surface area (Å²) >= 11 is 0. The summed E-state index contributed by atoms with van der Waals surface area (Å²) in [6.07, 6.45) is 6.61. The molecule has 1 aromatic heterocycles. The van der Waals surface area contributed by atoms with Gasteiger partial charge in [-0.2, -0.15) is 0 Å². The van der Waals surface area contributed by atoms with Gasteiger partial charge >= 0.3 is 0 Å². The molecule has 3 fully saturated rings. The van der Waals surface area contributed by atoms with Gasteiger partial charge in [-0.1, -0.05) is 19.1 Å². The van der Waals surface area contributed by atoms with Crippen LogP contribution >= 0.6 is 0 Å². The predicted octanol–water partition coefficient (Wildman–Crippen LogP) is 5.13. The predicted molar refractivity (Wildman–Crippen MR) is 129 cm³/mol. The molecular formula is C27H30N4O2. The van der Waals surface area contributed by atoms with Crippen molar-refractivity contribution in [3.05, 3.63) is 48.0 Å². The minimum Gasteiger partial charge on any atom is -0.349 e.